The molecule has 0 unspecified atom stereocenters. The van der Waals surface area contributed by atoms with Gasteiger partial charge in [-0.25, -0.2) is 0 Å². The number of hydrogen-bond acceptors (Lipinski definition) is 6. The summed E-state index contributed by atoms with van der Waals surface area (Å²) in [7, 11) is 0. The molecule has 0 fully saturated rings. The van der Waals surface area contributed by atoms with Gasteiger partial charge in [-0.2, -0.15) is 0 Å². The summed E-state index contributed by atoms with van der Waals surface area (Å²) in [5, 5.41) is 12.9. The van der Waals surface area contributed by atoms with Crippen LogP contribution in [0.5, 0.6) is 0 Å². The van der Waals surface area contributed by atoms with Gasteiger partial charge in [0.1, 0.15) is 0 Å². The molecular formula is C48H78Br6N12. The van der Waals surface area contributed by atoms with Gasteiger partial charge in [0.05, 0.1) is 0 Å². The maximum Gasteiger partial charge on any atom is 0.195 e. The molecule has 0 aliphatic carbocycles. The zero-order valence-electron chi connectivity index (χ0n) is 37.3. The molecule has 12 nitrogen and oxygen atoms in total. The van der Waals surface area contributed by atoms with Gasteiger partial charge in [-0.1, -0.05) is 148 Å². The van der Waals surface area contributed by atoms with Crippen molar-refractivity contribution in [2.24, 2.45) is 42.9 Å². The summed E-state index contributed by atoms with van der Waals surface area (Å²) in [6, 6.07) is 42.0. The average Bonchev–Trinajstić information content (AvgIpc) is 3.26. The van der Waals surface area contributed by atoms with E-state index >= 15 is 0 Å². The van der Waals surface area contributed by atoms with Crippen LogP contribution < -0.4 is 44.2 Å². The van der Waals surface area contributed by atoms with E-state index in [4.69, 9.17) is 22.9 Å². The lowest BCUT2D eigenvalue weighted by Gasteiger charge is -2.17. The lowest BCUT2D eigenvalue weighted by atomic mass is 9.89. The van der Waals surface area contributed by atoms with Gasteiger partial charge < -0.3 is 33.6 Å². The van der Waals surface area contributed by atoms with E-state index < -0.39 is 0 Å². The molecule has 0 spiro atoms. The number of nitrogens with two attached hydrogens (primary N) is 4. The summed E-state index contributed by atoms with van der Waals surface area (Å²) in [5.41, 5.74) is 29.4. The molecule has 4 rings (SSSR count). The molecule has 4 aromatic carbocycles. The summed E-state index contributed by atoms with van der Waals surface area (Å²) in [6.45, 7) is 6.25. The summed E-state index contributed by atoms with van der Waals surface area (Å²) in [6.07, 6.45) is 9.54. The molecule has 0 bridgehead atoms. The van der Waals surface area contributed by atoms with Crippen LogP contribution in [-0.4, -0.2) is 76.2 Å². The van der Waals surface area contributed by atoms with Gasteiger partial charge in [0.2, 0.25) is 0 Å². The molecule has 18 heteroatoms. The van der Waals surface area contributed by atoms with Crippen LogP contribution >= 0.6 is 102 Å². The van der Waals surface area contributed by atoms with Crippen LogP contribution in [0.25, 0.3) is 0 Å². The topological polar surface area (TPSA) is 202 Å². The van der Waals surface area contributed by atoms with E-state index in [2.05, 4.69) is 138 Å². The minimum absolute atomic E-state index is 0. The molecule has 0 atom stereocenters. The largest absolute Gasteiger partial charge is 0.370 e. The molecule has 0 saturated heterocycles. The molecule has 66 heavy (non-hydrogen) atoms. The SMILES string of the molecule is Br.Br.Br.Br.Br.Br.C.NC(=NCCCNCCCCCCCNCCCN=C(N)NC(N)=NCCC(c1ccccc1)c1ccccc1)NC(N)=NCCC(c1ccccc1)c1ccccc1. The number of rotatable bonds is 26. The molecule has 12 N–H and O–H groups in total. The molecule has 0 aliphatic heterocycles. The van der Waals surface area contributed by atoms with E-state index in [9.17, 15) is 0 Å². The fourth-order valence-electron chi connectivity index (χ4n) is 6.93. The summed E-state index contributed by atoms with van der Waals surface area (Å²) >= 11 is 0. The van der Waals surface area contributed by atoms with Gasteiger partial charge in [-0.05, 0) is 87.0 Å². The van der Waals surface area contributed by atoms with E-state index in [0.717, 1.165) is 51.9 Å². The van der Waals surface area contributed by atoms with Gasteiger partial charge >= 0.3 is 0 Å². The maximum atomic E-state index is 6.10. The smallest absolute Gasteiger partial charge is 0.195 e. The van der Waals surface area contributed by atoms with Crippen molar-refractivity contribution >= 4 is 126 Å². The highest BCUT2D eigenvalue weighted by Gasteiger charge is 2.14. The van der Waals surface area contributed by atoms with Crippen LogP contribution in [-0.2, 0) is 0 Å². The highest BCUT2D eigenvalue weighted by Crippen LogP contribution is 2.29. The van der Waals surface area contributed by atoms with Gasteiger partial charge in [0.15, 0.2) is 23.8 Å². The third kappa shape index (κ3) is 30.5. The van der Waals surface area contributed by atoms with Gasteiger partial charge in [-0.3, -0.25) is 30.6 Å². The van der Waals surface area contributed by atoms with Crippen molar-refractivity contribution in [1.29, 1.82) is 0 Å². The number of unbranched alkanes of at least 4 members (excludes halogenated alkanes) is 4. The molecule has 0 amide bonds. The van der Waals surface area contributed by atoms with Gasteiger partial charge in [0, 0.05) is 38.0 Å². The highest BCUT2D eigenvalue weighted by atomic mass is 79.9. The molecule has 0 heterocycles. The molecule has 0 aromatic heterocycles. The van der Waals surface area contributed by atoms with E-state index in [1.807, 2.05) is 24.3 Å². The van der Waals surface area contributed by atoms with Crippen molar-refractivity contribution < 1.29 is 0 Å². The van der Waals surface area contributed by atoms with Crippen molar-refractivity contribution in [3.8, 4) is 0 Å². The lowest BCUT2D eigenvalue weighted by Crippen LogP contribution is -2.42. The number of hydrogen-bond donors (Lipinski definition) is 8. The van der Waals surface area contributed by atoms with Gasteiger partial charge in [0.25, 0.3) is 0 Å². The number of guanidine groups is 4. The molecule has 372 valence electrons. The third-order valence-electron chi connectivity index (χ3n) is 10.0. The third-order valence-corrected chi connectivity index (χ3v) is 10.0. The van der Waals surface area contributed by atoms with Crippen molar-refractivity contribution in [2.75, 3.05) is 52.4 Å². The normalized spacial score (nSPS) is 11.3. The van der Waals surface area contributed by atoms with Crippen molar-refractivity contribution in [2.45, 2.75) is 77.0 Å². The predicted molar refractivity (Wildman–Crippen MR) is 318 cm³/mol. The molecule has 0 aliphatic rings. The second kappa shape index (κ2) is 44.7. The van der Waals surface area contributed by atoms with E-state index in [-0.39, 0.29) is 133 Å². The Balaban J connectivity index is -0.00000275. The number of nitrogens with zero attached hydrogens (tertiary/aromatic N) is 4. The van der Waals surface area contributed by atoms with Crippen LogP contribution in [0.1, 0.15) is 99.3 Å². The number of aliphatic imine (C=N–C) groups is 4. The van der Waals surface area contributed by atoms with Crippen LogP contribution in [0.4, 0.5) is 0 Å². The zero-order valence-corrected chi connectivity index (χ0v) is 47.5. The van der Waals surface area contributed by atoms with Crippen molar-refractivity contribution in [3.63, 3.8) is 0 Å². The zero-order chi connectivity index (χ0) is 41.6. The van der Waals surface area contributed by atoms with E-state index in [1.54, 1.807) is 0 Å². The minimum atomic E-state index is 0. The lowest BCUT2D eigenvalue weighted by molar-refractivity contribution is 0.550. The Morgan fingerprint density at radius 1 is 0.348 bits per heavy atom. The monoisotopic (exact) mass is 1300 g/mol. The highest BCUT2D eigenvalue weighted by molar-refractivity contribution is 8.93. The quantitative estimate of drug-likeness (QED) is 0.0172. The molecular weight excluding hydrogens is 1220 g/mol. The number of nitrogens with one attached hydrogen (secondary N) is 4. The standard InChI is InChI=1S/C47H68N12.CH4.6BrH/c48-44(58-46(50)56-36-28-42(38-20-8-4-9-21-38)39-22-10-5-11-23-39)54-34-18-32-52-30-16-2-1-3-17-31-53-33-19-35-55-45(49)59-47(51)57-37-29-43(40-24-12-6-13-25-40)41-26-14-7-15-27-41;;;;;;;/h4-15,20-27,42-43,52-53H,1-3,16-19,28-37H2,(H5,48,50,54,56,58)(H5,49,51,55,57,59);1H4;6*1H. The Labute approximate surface area is 459 Å². The first-order valence-corrected chi connectivity index (χ1v) is 21.3. The first-order chi connectivity index (χ1) is 29.0. The first kappa shape index (κ1) is 69.7. The Morgan fingerprint density at radius 3 is 0.879 bits per heavy atom. The van der Waals surface area contributed by atoms with Gasteiger partial charge in [-0.15, -0.1) is 102 Å². The minimum Gasteiger partial charge on any atom is -0.370 e. The Morgan fingerprint density at radius 2 is 0.591 bits per heavy atom. The van der Waals surface area contributed by atoms with E-state index in [0.29, 0.717) is 38.1 Å². The Hall–Kier alpha value is -2.84. The molecule has 0 saturated carbocycles. The first-order valence-electron chi connectivity index (χ1n) is 21.3. The second-order valence-electron chi connectivity index (χ2n) is 14.6. The van der Waals surface area contributed by atoms with Crippen LogP contribution in [0.15, 0.2) is 141 Å². The Kier molecular flexibility index (Phi) is 47.2. The fraction of sp³-hybridized carbons (Fsp3) is 0.417. The second-order valence-corrected chi connectivity index (χ2v) is 14.6. The molecule has 4 aromatic rings. The van der Waals surface area contributed by atoms with Crippen LogP contribution in [0, 0.1) is 0 Å². The Bertz CT molecular complexity index is 1620. The van der Waals surface area contributed by atoms with E-state index in [1.165, 1.54) is 54.4 Å². The van der Waals surface area contributed by atoms with Crippen molar-refractivity contribution in [3.05, 3.63) is 144 Å². The van der Waals surface area contributed by atoms with Crippen molar-refractivity contribution in [1.82, 2.24) is 21.3 Å². The maximum absolute atomic E-state index is 6.10. The summed E-state index contributed by atoms with van der Waals surface area (Å²) < 4.78 is 0. The summed E-state index contributed by atoms with van der Waals surface area (Å²) in [5.74, 6) is 1.66. The average molecular weight is 1300 g/mol. The van der Waals surface area contributed by atoms with Crippen LogP contribution in [0.3, 0.4) is 0 Å². The number of halogens is 6. The molecule has 0 radical (unpaired) electrons. The summed E-state index contributed by atoms with van der Waals surface area (Å²) in [4.78, 5) is 17.8. The van der Waals surface area contributed by atoms with Crippen LogP contribution in [0.2, 0.25) is 0 Å². The predicted octanol–water partition coefficient (Wildman–Crippen LogP) is 9.88. The fourth-order valence-corrected chi connectivity index (χ4v) is 6.93. The number of benzene rings is 4.